The van der Waals surface area contributed by atoms with Gasteiger partial charge in [-0.1, -0.05) is 0 Å². The maximum Gasteiger partial charge on any atom is 0.340 e. The summed E-state index contributed by atoms with van der Waals surface area (Å²) in [5.74, 6) is -3.51. The number of aromatic nitrogens is 1. The van der Waals surface area contributed by atoms with Crippen LogP contribution in [-0.4, -0.2) is 72.0 Å². The Morgan fingerprint density at radius 2 is 1.50 bits per heavy atom. The predicted octanol–water partition coefficient (Wildman–Crippen LogP) is -0.105. The molecule has 32 heavy (non-hydrogen) atoms. The lowest BCUT2D eigenvalue weighted by molar-refractivity contribution is -0.263. The van der Waals surface area contributed by atoms with Gasteiger partial charge in [0, 0.05) is 40.1 Å². The van der Waals surface area contributed by atoms with E-state index in [0.29, 0.717) is 0 Å². The van der Waals surface area contributed by atoms with Crippen LogP contribution in [0.4, 0.5) is 0 Å². The molecule has 12 heteroatoms. The van der Waals surface area contributed by atoms with Crippen LogP contribution >= 0.6 is 0 Å². The van der Waals surface area contributed by atoms with Crippen molar-refractivity contribution in [1.82, 2.24) is 10.3 Å². The van der Waals surface area contributed by atoms with Crippen LogP contribution in [0.3, 0.4) is 0 Å². The molecule has 0 aromatic carbocycles. The zero-order valence-corrected chi connectivity index (χ0v) is 17.9. The molecule has 5 atom stereocenters. The zero-order valence-electron chi connectivity index (χ0n) is 17.9. The van der Waals surface area contributed by atoms with Crippen LogP contribution in [0.1, 0.15) is 38.1 Å². The summed E-state index contributed by atoms with van der Waals surface area (Å²) in [6, 6.07) is 1.57. The monoisotopic (exact) mass is 452 g/mol. The standard InChI is InChI=1S/C20H24N2O10/c1-10(23)22-16-18(30-13(4)26)17(29-12(3)25)15(9-28-11(2)24)31-20(16)32-19(27)14-5-7-21-8-6-14/h5-8,15-18,20H,9H2,1-4H3,(H,22,23)/t15-,16+,17-,18-,20+/m1/s1. The molecule has 0 spiro atoms. The molecule has 1 N–H and O–H groups in total. The summed E-state index contributed by atoms with van der Waals surface area (Å²) in [7, 11) is 0. The molecular weight excluding hydrogens is 428 g/mol. The SMILES string of the molecule is CC(=O)N[C@@H]1[C@H](OC(=O)c2ccncc2)O[C@H](COC(C)=O)[C@@H](OC(C)=O)[C@@H]1OC(C)=O. The molecule has 174 valence electrons. The molecule has 1 saturated heterocycles. The van der Waals surface area contributed by atoms with E-state index >= 15 is 0 Å². The number of nitrogens with zero attached hydrogens (tertiary/aromatic N) is 1. The van der Waals surface area contributed by atoms with Gasteiger partial charge in [0.05, 0.1) is 5.56 Å². The van der Waals surface area contributed by atoms with Crippen molar-refractivity contribution in [3.63, 3.8) is 0 Å². The first-order valence-electron chi connectivity index (χ1n) is 9.59. The number of esters is 4. The number of hydrogen-bond acceptors (Lipinski definition) is 11. The highest BCUT2D eigenvalue weighted by molar-refractivity contribution is 5.89. The minimum atomic E-state index is -1.48. The number of amides is 1. The molecule has 12 nitrogen and oxygen atoms in total. The van der Waals surface area contributed by atoms with E-state index in [-0.39, 0.29) is 5.56 Å². The number of hydrogen-bond donors (Lipinski definition) is 1. The molecule has 0 radical (unpaired) electrons. The van der Waals surface area contributed by atoms with Crippen LogP contribution in [0.25, 0.3) is 0 Å². The van der Waals surface area contributed by atoms with Gasteiger partial charge >= 0.3 is 23.9 Å². The maximum absolute atomic E-state index is 12.6. The van der Waals surface area contributed by atoms with Gasteiger partial charge in [-0.2, -0.15) is 0 Å². The van der Waals surface area contributed by atoms with E-state index in [1.165, 1.54) is 31.5 Å². The van der Waals surface area contributed by atoms with Crippen molar-refractivity contribution >= 4 is 29.8 Å². The highest BCUT2D eigenvalue weighted by atomic mass is 16.7. The Kier molecular flexibility index (Phi) is 8.64. The van der Waals surface area contributed by atoms with Crippen LogP contribution in [0, 0.1) is 0 Å². The minimum absolute atomic E-state index is 0.146. The third-order valence-corrected chi connectivity index (χ3v) is 4.21. The number of rotatable bonds is 7. The van der Waals surface area contributed by atoms with Gasteiger partial charge in [0.2, 0.25) is 12.2 Å². The van der Waals surface area contributed by atoms with E-state index in [2.05, 4.69) is 10.3 Å². The Bertz CT molecular complexity index is 859. The first-order valence-corrected chi connectivity index (χ1v) is 9.59. The molecular formula is C20H24N2O10. The highest BCUT2D eigenvalue weighted by Gasteiger charge is 2.52. The summed E-state index contributed by atoms with van der Waals surface area (Å²) in [5.41, 5.74) is 0.146. The average Bonchev–Trinajstić information content (AvgIpc) is 2.70. The summed E-state index contributed by atoms with van der Waals surface area (Å²) in [6.45, 7) is 4.19. The Morgan fingerprint density at radius 1 is 0.906 bits per heavy atom. The molecule has 1 fully saturated rings. The van der Waals surface area contributed by atoms with E-state index < -0.39 is 67.0 Å². The van der Waals surface area contributed by atoms with Gasteiger partial charge in [0.25, 0.3) is 0 Å². The third-order valence-electron chi connectivity index (χ3n) is 4.21. The Labute approximate surface area is 183 Å². The van der Waals surface area contributed by atoms with Crippen molar-refractivity contribution in [3.05, 3.63) is 30.1 Å². The van der Waals surface area contributed by atoms with Gasteiger partial charge in [0.15, 0.2) is 12.2 Å². The second-order valence-electron chi connectivity index (χ2n) is 6.86. The molecule has 0 saturated carbocycles. The molecule has 2 heterocycles. The molecule has 0 unspecified atom stereocenters. The number of carbonyl (C=O) groups is 5. The Balaban J connectivity index is 2.42. The normalized spacial score (nSPS) is 24.6. The molecule has 2 rings (SSSR count). The number of carbonyl (C=O) groups excluding carboxylic acids is 5. The smallest absolute Gasteiger partial charge is 0.340 e. The van der Waals surface area contributed by atoms with E-state index in [0.717, 1.165) is 20.8 Å². The second-order valence-corrected chi connectivity index (χ2v) is 6.86. The fourth-order valence-electron chi connectivity index (χ4n) is 3.05. The summed E-state index contributed by atoms with van der Waals surface area (Å²) < 4.78 is 26.7. The second kappa shape index (κ2) is 11.2. The minimum Gasteiger partial charge on any atom is -0.463 e. The van der Waals surface area contributed by atoms with Crippen LogP contribution in [0.2, 0.25) is 0 Å². The number of nitrogens with one attached hydrogen (secondary N) is 1. The lowest BCUT2D eigenvalue weighted by atomic mass is 9.96. The lowest BCUT2D eigenvalue weighted by Crippen LogP contribution is -2.66. The highest BCUT2D eigenvalue weighted by Crippen LogP contribution is 2.28. The van der Waals surface area contributed by atoms with Crippen LogP contribution in [0.15, 0.2) is 24.5 Å². The molecule has 0 aliphatic carbocycles. The summed E-state index contributed by atoms with van der Waals surface area (Å²) in [5, 5.41) is 2.50. The van der Waals surface area contributed by atoms with Crippen molar-refractivity contribution in [1.29, 1.82) is 0 Å². The average molecular weight is 452 g/mol. The first kappa shape index (κ1) is 24.7. The van der Waals surface area contributed by atoms with Gasteiger partial charge in [-0.15, -0.1) is 0 Å². The summed E-state index contributed by atoms with van der Waals surface area (Å²) in [6.07, 6.45) is -2.48. The lowest BCUT2D eigenvalue weighted by Gasteiger charge is -2.44. The molecule has 1 aromatic rings. The fourth-order valence-corrected chi connectivity index (χ4v) is 3.05. The van der Waals surface area contributed by atoms with Gasteiger partial charge in [-0.25, -0.2) is 4.79 Å². The fraction of sp³-hybridized carbons (Fsp3) is 0.500. The maximum atomic E-state index is 12.6. The van der Waals surface area contributed by atoms with E-state index in [9.17, 15) is 24.0 Å². The Morgan fingerprint density at radius 3 is 2.03 bits per heavy atom. The first-order chi connectivity index (χ1) is 15.1. The molecule has 1 aromatic heterocycles. The van der Waals surface area contributed by atoms with Crippen molar-refractivity contribution in [2.45, 2.75) is 58.3 Å². The number of ether oxygens (including phenoxy) is 5. The van der Waals surface area contributed by atoms with Crippen molar-refractivity contribution < 1.29 is 47.7 Å². The summed E-state index contributed by atoms with van der Waals surface area (Å²) >= 11 is 0. The Hall–Kier alpha value is -3.54. The number of pyridine rings is 1. The van der Waals surface area contributed by atoms with Gasteiger partial charge in [-0.3, -0.25) is 24.2 Å². The van der Waals surface area contributed by atoms with Crippen LogP contribution < -0.4 is 5.32 Å². The van der Waals surface area contributed by atoms with Gasteiger partial charge in [-0.05, 0) is 12.1 Å². The third kappa shape index (κ3) is 7.01. The summed E-state index contributed by atoms with van der Waals surface area (Å²) in [4.78, 5) is 63.0. The quantitative estimate of drug-likeness (QED) is 0.435. The molecule has 0 bridgehead atoms. The predicted molar refractivity (Wildman–Crippen MR) is 104 cm³/mol. The van der Waals surface area contributed by atoms with Crippen molar-refractivity contribution in [2.24, 2.45) is 0 Å². The van der Waals surface area contributed by atoms with Crippen molar-refractivity contribution in [3.8, 4) is 0 Å². The van der Waals surface area contributed by atoms with Crippen LogP contribution in [-0.2, 0) is 42.9 Å². The molecule has 1 amide bonds. The van der Waals surface area contributed by atoms with Gasteiger partial charge < -0.3 is 29.0 Å². The van der Waals surface area contributed by atoms with Crippen molar-refractivity contribution in [2.75, 3.05) is 6.61 Å². The molecule has 1 aliphatic heterocycles. The van der Waals surface area contributed by atoms with E-state index in [4.69, 9.17) is 23.7 Å². The molecule has 1 aliphatic rings. The van der Waals surface area contributed by atoms with E-state index in [1.807, 2.05) is 0 Å². The van der Waals surface area contributed by atoms with Crippen LogP contribution in [0.5, 0.6) is 0 Å². The van der Waals surface area contributed by atoms with Gasteiger partial charge in [0.1, 0.15) is 18.8 Å². The zero-order chi connectivity index (χ0) is 23.8. The van der Waals surface area contributed by atoms with E-state index in [1.54, 1.807) is 0 Å². The largest absolute Gasteiger partial charge is 0.463 e. The topological polar surface area (TPSA) is 156 Å².